The molecule has 0 rings (SSSR count). The SMILES string of the molecule is CC(F)(F)C(F)(F)C(F)(F)C(F)(F)C(F)(F)C(F)C(F)F. The van der Waals surface area contributed by atoms with Crippen molar-refractivity contribution in [3.63, 3.8) is 0 Å². The second-order valence-electron chi connectivity index (χ2n) is 3.97. The molecule has 0 aromatic heterocycles. The highest BCUT2D eigenvalue weighted by atomic mass is 19.4. The predicted molar refractivity (Wildman–Crippen MR) is 41.3 cm³/mol. The Balaban J connectivity index is 6.01. The largest absolute Gasteiger partial charge is 0.384 e. The molecule has 21 heavy (non-hydrogen) atoms. The molecule has 13 heteroatoms. The van der Waals surface area contributed by atoms with Crippen LogP contribution in [-0.2, 0) is 0 Å². The van der Waals surface area contributed by atoms with Gasteiger partial charge in [-0.15, -0.1) is 0 Å². The quantitative estimate of drug-likeness (QED) is 0.606. The summed E-state index contributed by atoms with van der Waals surface area (Å²) in [5.74, 6) is -35.0. The zero-order valence-electron chi connectivity index (χ0n) is 9.57. The summed E-state index contributed by atoms with van der Waals surface area (Å²) in [6.45, 7) is -0.991. The van der Waals surface area contributed by atoms with Crippen molar-refractivity contribution in [1.29, 1.82) is 0 Å². The minimum atomic E-state index is -7.52. The molecule has 0 saturated carbocycles. The number of hydrogen-bond donors (Lipinski definition) is 0. The minimum Gasteiger partial charge on any atom is -0.234 e. The molecular weight excluding hydrogens is 343 g/mol. The van der Waals surface area contributed by atoms with Crippen LogP contribution in [0, 0.1) is 0 Å². The second kappa shape index (κ2) is 5.07. The standard InChI is InChI=1S/C8H5F13/c1-4(12,13)6(16,17)8(20,21)7(18,19)5(14,15)2(9)3(10)11/h2-3H,1H3. The van der Waals surface area contributed by atoms with E-state index >= 15 is 0 Å². The van der Waals surface area contributed by atoms with E-state index < -0.39 is 49.1 Å². The highest BCUT2D eigenvalue weighted by molar-refractivity contribution is 5.09. The maximum absolute atomic E-state index is 12.7. The third-order valence-electron chi connectivity index (χ3n) is 2.33. The van der Waals surface area contributed by atoms with Gasteiger partial charge >= 0.3 is 29.6 Å². The van der Waals surface area contributed by atoms with E-state index in [1.54, 1.807) is 0 Å². The molecule has 0 heterocycles. The molecule has 0 aliphatic carbocycles. The van der Waals surface area contributed by atoms with Crippen LogP contribution in [0.15, 0.2) is 0 Å². The summed E-state index contributed by atoms with van der Waals surface area (Å²) in [7, 11) is 0. The monoisotopic (exact) mass is 348 g/mol. The van der Waals surface area contributed by atoms with E-state index in [0.717, 1.165) is 0 Å². The Morgan fingerprint density at radius 3 is 1.14 bits per heavy atom. The Morgan fingerprint density at radius 1 is 0.571 bits per heavy atom. The third-order valence-corrected chi connectivity index (χ3v) is 2.33. The summed E-state index contributed by atoms with van der Waals surface area (Å²) in [6, 6.07) is 0. The van der Waals surface area contributed by atoms with Gasteiger partial charge in [-0.3, -0.25) is 0 Å². The van der Waals surface area contributed by atoms with E-state index in [4.69, 9.17) is 0 Å². The Kier molecular flexibility index (Phi) is 4.85. The van der Waals surface area contributed by atoms with Crippen LogP contribution in [0.3, 0.4) is 0 Å². The first-order chi connectivity index (χ1) is 8.85. The second-order valence-corrected chi connectivity index (χ2v) is 3.97. The van der Waals surface area contributed by atoms with Crippen LogP contribution >= 0.6 is 0 Å². The van der Waals surface area contributed by atoms with Gasteiger partial charge in [0.2, 0.25) is 6.17 Å². The van der Waals surface area contributed by atoms with Gasteiger partial charge in [0.15, 0.2) is 0 Å². The van der Waals surface area contributed by atoms with Crippen molar-refractivity contribution in [1.82, 2.24) is 0 Å². The lowest BCUT2D eigenvalue weighted by Gasteiger charge is -2.39. The maximum atomic E-state index is 12.7. The third kappa shape index (κ3) is 2.74. The van der Waals surface area contributed by atoms with Gasteiger partial charge in [0.1, 0.15) is 0 Å². The lowest BCUT2D eigenvalue weighted by Crippen LogP contribution is -2.69. The van der Waals surface area contributed by atoms with E-state index in [9.17, 15) is 57.1 Å². The summed E-state index contributed by atoms with van der Waals surface area (Å²) >= 11 is 0. The first-order valence-electron chi connectivity index (χ1n) is 4.67. The molecule has 1 atom stereocenters. The molecule has 0 amide bonds. The molecule has 1 unspecified atom stereocenters. The summed E-state index contributed by atoms with van der Waals surface area (Å²) in [4.78, 5) is 0. The molecule has 0 bridgehead atoms. The van der Waals surface area contributed by atoms with Crippen molar-refractivity contribution in [2.24, 2.45) is 0 Å². The minimum absolute atomic E-state index is 0.991. The van der Waals surface area contributed by atoms with Gasteiger partial charge in [0.05, 0.1) is 0 Å². The van der Waals surface area contributed by atoms with Crippen LogP contribution in [0.2, 0.25) is 0 Å². The van der Waals surface area contributed by atoms with Gasteiger partial charge in [-0.1, -0.05) is 0 Å². The Morgan fingerprint density at radius 2 is 0.905 bits per heavy atom. The summed E-state index contributed by atoms with van der Waals surface area (Å²) in [5, 5.41) is 0. The molecule has 0 radical (unpaired) electrons. The van der Waals surface area contributed by atoms with Gasteiger partial charge in [-0.25, -0.2) is 13.2 Å². The van der Waals surface area contributed by atoms with Gasteiger partial charge in [-0.05, 0) is 0 Å². The smallest absolute Gasteiger partial charge is 0.234 e. The summed E-state index contributed by atoms with van der Waals surface area (Å²) < 4.78 is 161. The number of alkyl halides is 13. The molecule has 0 fully saturated rings. The molecule has 0 aliphatic heterocycles. The normalized spacial score (nSPS) is 17.3. The fraction of sp³-hybridized carbons (Fsp3) is 1.00. The zero-order valence-corrected chi connectivity index (χ0v) is 9.57. The van der Waals surface area contributed by atoms with E-state index in [1.165, 1.54) is 0 Å². The Bertz CT molecular complexity index is 365. The van der Waals surface area contributed by atoms with Gasteiger partial charge in [0.25, 0.3) is 6.43 Å². The highest BCUT2D eigenvalue weighted by Gasteiger charge is 2.87. The molecule has 0 N–H and O–H groups in total. The predicted octanol–water partition coefficient (Wildman–Crippen LogP) is 4.79. The number of halogens is 13. The molecule has 0 saturated heterocycles. The number of hydrogen-bond acceptors (Lipinski definition) is 0. The van der Waals surface area contributed by atoms with E-state index in [1.807, 2.05) is 0 Å². The van der Waals surface area contributed by atoms with Crippen molar-refractivity contribution in [3.05, 3.63) is 0 Å². The zero-order chi connectivity index (χ0) is 17.7. The number of rotatable bonds is 6. The molecule has 0 aromatic rings. The van der Waals surface area contributed by atoms with Crippen LogP contribution in [0.4, 0.5) is 57.1 Å². The first-order valence-corrected chi connectivity index (χ1v) is 4.67. The summed E-state index contributed by atoms with van der Waals surface area (Å²) in [6.07, 6.45) is -10.2. The molecule has 0 aromatic carbocycles. The molecule has 0 aliphatic rings. The van der Waals surface area contributed by atoms with E-state index in [2.05, 4.69) is 0 Å². The molecule has 0 nitrogen and oxygen atoms in total. The van der Waals surface area contributed by atoms with Crippen LogP contribution in [0.5, 0.6) is 0 Å². The lowest BCUT2D eigenvalue weighted by atomic mass is 9.93. The van der Waals surface area contributed by atoms with Crippen molar-refractivity contribution >= 4 is 0 Å². The topological polar surface area (TPSA) is 0 Å². The van der Waals surface area contributed by atoms with Crippen molar-refractivity contribution < 1.29 is 57.1 Å². The van der Waals surface area contributed by atoms with Crippen LogP contribution in [-0.4, -0.2) is 42.2 Å². The average molecular weight is 348 g/mol. The van der Waals surface area contributed by atoms with Gasteiger partial charge < -0.3 is 0 Å². The lowest BCUT2D eigenvalue weighted by molar-refractivity contribution is -0.408. The van der Waals surface area contributed by atoms with Gasteiger partial charge in [0, 0.05) is 6.92 Å². The average Bonchev–Trinajstić information content (AvgIpc) is 2.25. The van der Waals surface area contributed by atoms with Crippen molar-refractivity contribution in [3.8, 4) is 0 Å². The van der Waals surface area contributed by atoms with Crippen LogP contribution in [0.25, 0.3) is 0 Å². The van der Waals surface area contributed by atoms with Crippen molar-refractivity contribution in [2.45, 2.75) is 49.1 Å². The van der Waals surface area contributed by atoms with Crippen LogP contribution < -0.4 is 0 Å². The fourth-order valence-corrected chi connectivity index (χ4v) is 1.01. The Labute approximate surface area is 107 Å². The van der Waals surface area contributed by atoms with E-state index in [0.29, 0.717) is 0 Å². The van der Waals surface area contributed by atoms with Crippen molar-refractivity contribution in [2.75, 3.05) is 0 Å². The molecule has 128 valence electrons. The molecular formula is C8H5F13. The first kappa shape index (κ1) is 20.1. The van der Waals surface area contributed by atoms with E-state index in [-0.39, 0.29) is 0 Å². The van der Waals surface area contributed by atoms with Crippen LogP contribution in [0.1, 0.15) is 6.92 Å². The van der Waals surface area contributed by atoms with Gasteiger partial charge in [-0.2, -0.15) is 43.9 Å². The maximum Gasteiger partial charge on any atom is 0.384 e. The molecule has 0 spiro atoms. The summed E-state index contributed by atoms with van der Waals surface area (Å²) in [5.41, 5.74) is 0. The fourth-order valence-electron chi connectivity index (χ4n) is 1.01. The highest BCUT2D eigenvalue weighted by Crippen LogP contribution is 2.58. The Hall–Kier alpha value is -0.910.